The van der Waals surface area contributed by atoms with E-state index >= 15 is 0 Å². The van der Waals surface area contributed by atoms with Crippen molar-refractivity contribution in [2.24, 2.45) is 5.92 Å². The van der Waals surface area contributed by atoms with Crippen molar-refractivity contribution in [3.05, 3.63) is 35.9 Å². The van der Waals surface area contributed by atoms with Gasteiger partial charge in [-0.05, 0) is 13.3 Å². The lowest BCUT2D eigenvalue weighted by molar-refractivity contribution is -0.119. The molecule has 0 saturated carbocycles. The minimum Gasteiger partial charge on any atom is -0.299 e. The van der Waals surface area contributed by atoms with E-state index in [1.54, 1.807) is 12.1 Å². The molecule has 0 bridgehead atoms. The van der Waals surface area contributed by atoms with Gasteiger partial charge in [-0.15, -0.1) is 0 Å². The molecule has 1 aromatic carbocycles. The summed E-state index contributed by atoms with van der Waals surface area (Å²) in [5.41, 5.74) is 0.631. The van der Waals surface area contributed by atoms with Crippen molar-refractivity contribution in [3.63, 3.8) is 0 Å². The van der Waals surface area contributed by atoms with Crippen molar-refractivity contribution in [2.75, 3.05) is 0 Å². The molecule has 0 fully saturated rings. The third-order valence-electron chi connectivity index (χ3n) is 2.44. The van der Waals surface area contributed by atoms with Crippen LogP contribution in [0.25, 0.3) is 0 Å². The zero-order valence-corrected chi connectivity index (χ0v) is 9.19. The van der Waals surface area contributed by atoms with E-state index in [4.69, 9.17) is 0 Å². The Morgan fingerprint density at radius 1 is 1.20 bits per heavy atom. The highest BCUT2D eigenvalue weighted by atomic mass is 16.1. The Bertz CT molecular complexity index is 341. The molecule has 1 atom stereocenters. The average Bonchev–Trinajstić information content (AvgIpc) is 2.26. The average molecular weight is 204 g/mol. The summed E-state index contributed by atoms with van der Waals surface area (Å²) in [5, 5.41) is 0. The molecule has 0 saturated heterocycles. The Labute approximate surface area is 90.3 Å². The smallest absolute Gasteiger partial charge is 0.173 e. The Hall–Kier alpha value is -1.44. The standard InChI is InChI=1S/C13H16O2/c1-3-7-12(10(2)14)13(15)11-8-5-4-6-9-11/h4-6,8-9,12H,3,7H2,1-2H3. The Morgan fingerprint density at radius 2 is 1.80 bits per heavy atom. The molecule has 1 unspecified atom stereocenters. The first-order valence-electron chi connectivity index (χ1n) is 5.26. The van der Waals surface area contributed by atoms with Gasteiger partial charge in [-0.3, -0.25) is 9.59 Å². The first-order chi connectivity index (χ1) is 7.16. The van der Waals surface area contributed by atoms with Crippen molar-refractivity contribution >= 4 is 11.6 Å². The van der Waals surface area contributed by atoms with E-state index in [0.717, 1.165) is 6.42 Å². The highest BCUT2D eigenvalue weighted by molar-refractivity contribution is 6.09. The predicted molar refractivity (Wildman–Crippen MR) is 59.9 cm³/mol. The fraction of sp³-hybridized carbons (Fsp3) is 0.385. The van der Waals surface area contributed by atoms with E-state index in [0.29, 0.717) is 12.0 Å². The number of ketones is 2. The number of carbonyl (C=O) groups is 2. The van der Waals surface area contributed by atoms with Crippen LogP contribution in [0.5, 0.6) is 0 Å². The summed E-state index contributed by atoms with van der Waals surface area (Å²) >= 11 is 0. The lowest BCUT2D eigenvalue weighted by Gasteiger charge is -2.11. The molecule has 0 N–H and O–H groups in total. The van der Waals surface area contributed by atoms with Gasteiger partial charge in [0.25, 0.3) is 0 Å². The molecule has 1 rings (SSSR count). The van der Waals surface area contributed by atoms with Gasteiger partial charge in [-0.1, -0.05) is 43.7 Å². The number of carbonyl (C=O) groups excluding carboxylic acids is 2. The van der Waals surface area contributed by atoms with Crippen molar-refractivity contribution < 1.29 is 9.59 Å². The molecule has 0 aliphatic rings. The lowest BCUT2D eigenvalue weighted by atomic mass is 9.90. The van der Waals surface area contributed by atoms with Crippen molar-refractivity contribution in [2.45, 2.75) is 26.7 Å². The van der Waals surface area contributed by atoms with Crippen LogP contribution in [0.4, 0.5) is 0 Å². The van der Waals surface area contributed by atoms with Crippen LogP contribution in [0.15, 0.2) is 30.3 Å². The third kappa shape index (κ3) is 3.01. The Balaban J connectivity index is 2.86. The zero-order chi connectivity index (χ0) is 11.3. The lowest BCUT2D eigenvalue weighted by Crippen LogP contribution is -2.21. The summed E-state index contributed by atoms with van der Waals surface area (Å²) in [6.45, 7) is 3.47. The predicted octanol–water partition coefficient (Wildman–Crippen LogP) is 2.87. The number of rotatable bonds is 5. The second-order valence-corrected chi connectivity index (χ2v) is 3.68. The Kier molecular flexibility index (Phi) is 4.22. The summed E-state index contributed by atoms with van der Waals surface area (Å²) in [6.07, 6.45) is 1.49. The number of hydrogen-bond acceptors (Lipinski definition) is 2. The van der Waals surface area contributed by atoms with E-state index in [1.807, 2.05) is 25.1 Å². The summed E-state index contributed by atoms with van der Waals surface area (Å²) in [6, 6.07) is 9.01. The maximum atomic E-state index is 12.0. The van der Waals surface area contributed by atoms with Crippen LogP contribution in [-0.4, -0.2) is 11.6 Å². The molecule has 0 spiro atoms. The van der Waals surface area contributed by atoms with Crippen molar-refractivity contribution in [1.29, 1.82) is 0 Å². The van der Waals surface area contributed by atoms with Gasteiger partial charge in [0.2, 0.25) is 0 Å². The van der Waals surface area contributed by atoms with Crippen LogP contribution in [0.1, 0.15) is 37.0 Å². The third-order valence-corrected chi connectivity index (χ3v) is 2.44. The fourth-order valence-electron chi connectivity index (χ4n) is 1.61. The molecule has 0 heterocycles. The molecule has 80 valence electrons. The molecular weight excluding hydrogens is 188 g/mol. The monoisotopic (exact) mass is 204 g/mol. The second-order valence-electron chi connectivity index (χ2n) is 3.68. The molecule has 2 nitrogen and oxygen atoms in total. The molecule has 15 heavy (non-hydrogen) atoms. The molecule has 0 aliphatic carbocycles. The largest absolute Gasteiger partial charge is 0.299 e. The highest BCUT2D eigenvalue weighted by Crippen LogP contribution is 2.15. The summed E-state index contributed by atoms with van der Waals surface area (Å²) in [5.74, 6) is -0.548. The van der Waals surface area contributed by atoms with E-state index in [-0.39, 0.29) is 11.6 Å². The fourth-order valence-corrected chi connectivity index (χ4v) is 1.61. The number of benzene rings is 1. The van der Waals surface area contributed by atoms with Gasteiger partial charge in [0.1, 0.15) is 5.78 Å². The van der Waals surface area contributed by atoms with Gasteiger partial charge >= 0.3 is 0 Å². The van der Waals surface area contributed by atoms with Crippen molar-refractivity contribution in [1.82, 2.24) is 0 Å². The molecule has 1 aromatic rings. The van der Waals surface area contributed by atoms with E-state index < -0.39 is 5.92 Å². The topological polar surface area (TPSA) is 34.1 Å². The first kappa shape index (κ1) is 11.6. The van der Waals surface area contributed by atoms with Crippen molar-refractivity contribution in [3.8, 4) is 0 Å². The van der Waals surface area contributed by atoms with Crippen LogP contribution in [0.3, 0.4) is 0 Å². The molecule has 0 radical (unpaired) electrons. The summed E-state index contributed by atoms with van der Waals surface area (Å²) in [7, 11) is 0. The minimum absolute atomic E-state index is 0.0364. The number of Topliss-reactive ketones (excluding diaryl/α,β-unsaturated/α-hetero) is 2. The van der Waals surface area contributed by atoms with Crippen LogP contribution in [0, 0.1) is 5.92 Å². The zero-order valence-electron chi connectivity index (χ0n) is 9.19. The van der Waals surface area contributed by atoms with Crippen LogP contribution in [-0.2, 0) is 4.79 Å². The van der Waals surface area contributed by atoms with Gasteiger partial charge < -0.3 is 0 Å². The van der Waals surface area contributed by atoms with Gasteiger partial charge in [0, 0.05) is 5.56 Å². The van der Waals surface area contributed by atoms with E-state index in [9.17, 15) is 9.59 Å². The van der Waals surface area contributed by atoms with Crippen LogP contribution < -0.4 is 0 Å². The summed E-state index contributed by atoms with van der Waals surface area (Å²) in [4.78, 5) is 23.3. The molecule has 0 aromatic heterocycles. The van der Waals surface area contributed by atoms with Crippen LogP contribution in [0.2, 0.25) is 0 Å². The summed E-state index contributed by atoms with van der Waals surface area (Å²) < 4.78 is 0. The van der Waals surface area contributed by atoms with Gasteiger partial charge in [0.05, 0.1) is 5.92 Å². The minimum atomic E-state index is -0.461. The second kappa shape index (κ2) is 5.44. The number of hydrogen-bond donors (Lipinski definition) is 0. The molecular formula is C13H16O2. The van der Waals surface area contributed by atoms with Gasteiger partial charge in [-0.25, -0.2) is 0 Å². The maximum Gasteiger partial charge on any atom is 0.173 e. The SMILES string of the molecule is CCCC(C(C)=O)C(=O)c1ccccc1. The van der Waals surface area contributed by atoms with Gasteiger partial charge in [-0.2, -0.15) is 0 Å². The first-order valence-corrected chi connectivity index (χ1v) is 5.26. The molecule has 0 aliphatic heterocycles. The van der Waals surface area contributed by atoms with Crippen LogP contribution >= 0.6 is 0 Å². The van der Waals surface area contributed by atoms with Gasteiger partial charge in [0.15, 0.2) is 5.78 Å². The normalized spacial score (nSPS) is 12.1. The Morgan fingerprint density at radius 3 is 2.27 bits per heavy atom. The quantitative estimate of drug-likeness (QED) is 0.546. The van der Waals surface area contributed by atoms with E-state index in [2.05, 4.69) is 0 Å². The molecule has 2 heteroatoms. The maximum absolute atomic E-state index is 12.0. The highest BCUT2D eigenvalue weighted by Gasteiger charge is 2.22. The van der Waals surface area contributed by atoms with E-state index in [1.165, 1.54) is 6.92 Å². The molecule has 0 amide bonds.